The highest BCUT2D eigenvalue weighted by Gasteiger charge is 2.34. The molecule has 1 N–H and O–H groups in total. The smallest absolute Gasteiger partial charge is 0.255 e. The van der Waals surface area contributed by atoms with Gasteiger partial charge in [0.25, 0.3) is 11.5 Å². The van der Waals surface area contributed by atoms with Crippen LogP contribution in [0.15, 0.2) is 47.4 Å². The Kier molecular flexibility index (Phi) is 4.51. The van der Waals surface area contributed by atoms with Crippen LogP contribution in [0.3, 0.4) is 0 Å². The normalized spacial score (nSPS) is 24.3. The molecule has 3 fully saturated rings. The van der Waals surface area contributed by atoms with E-state index >= 15 is 0 Å². The van der Waals surface area contributed by atoms with Crippen molar-refractivity contribution in [3.05, 3.63) is 58.5 Å². The minimum atomic E-state index is -0.172. The molecule has 1 atom stereocenters. The van der Waals surface area contributed by atoms with E-state index < -0.39 is 0 Å². The summed E-state index contributed by atoms with van der Waals surface area (Å²) < 4.78 is 6.64. The predicted octanol–water partition coefficient (Wildman–Crippen LogP) is 1.67. The van der Waals surface area contributed by atoms with E-state index in [1.165, 1.54) is 10.6 Å². The number of methoxy groups -OCH3 is 1. The third-order valence-electron chi connectivity index (χ3n) is 5.50. The Balaban J connectivity index is 1.55. The SMILES string of the molecule is COc1ccc(-n2cc(C(=O)NC3CN4CCC3CC4)ccc2=O)cc1. The minimum absolute atomic E-state index is 0.119. The van der Waals surface area contributed by atoms with Gasteiger partial charge in [0.1, 0.15) is 5.75 Å². The van der Waals surface area contributed by atoms with E-state index in [1.54, 1.807) is 43.6 Å². The number of hydrogen-bond acceptors (Lipinski definition) is 4. The molecule has 5 rings (SSSR count). The first-order valence-electron chi connectivity index (χ1n) is 9.04. The van der Waals surface area contributed by atoms with Crippen LogP contribution in [-0.2, 0) is 0 Å². The Morgan fingerprint density at radius 2 is 1.85 bits per heavy atom. The Morgan fingerprint density at radius 1 is 1.12 bits per heavy atom. The summed E-state index contributed by atoms with van der Waals surface area (Å²) in [5, 5.41) is 3.17. The summed E-state index contributed by atoms with van der Waals surface area (Å²) in [5.41, 5.74) is 1.03. The molecule has 3 aliphatic rings. The Morgan fingerprint density at radius 3 is 2.46 bits per heavy atom. The second-order valence-corrected chi connectivity index (χ2v) is 7.04. The fourth-order valence-electron chi connectivity index (χ4n) is 3.95. The van der Waals surface area contributed by atoms with Crippen molar-refractivity contribution in [1.82, 2.24) is 14.8 Å². The number of ether oxygens (including phenoxy) is 1. The van der Waals surface area contributed by atoms with E-state index in [-0.39, 0.29) is 17.5 Å². The van der Waals surface area contributed by atoms with Crippen molar-refractivity contribution < 1.29 is 9.53 Å². The lowest BCUT2D eigenvalue weighted by Crippen LogP contribution is -2.57. The summed E-state index contributed by atoms with van der Waals surface area (Å²) in [6.07, 6.45) is 3.91. The van der Waals surface area contributed by atoms with Crippen molar-refractivity contribution in [1.29, 1.82) is 0 Å². The summed E-state index contributed by atoms with van der Waals surface area (Å²) >= 11 is 0. The molecule has 3 aliphatic heterocycles. The van der Waals surface area contributed by atoms with E-state index in [1.807, 2.05) is 0 Å². The van der Waals surface area contributed by atoms with Crippen molar-refractivity contribution in [3.63, 3.8) is 0 Å². The molecule has 26 heavy (non-hydrogen) atoms. The topological polar surface area (TPSA) is 63.6 Å². The number of nitrogens with one attached hydrogen (secondary N) is 1. The van der Waals surface area contributed by atoms with Gasteiger partial charge in [-0.15, -0.1) is 0 Å². The van der Waals surface area contributed by atoms with Crippen LogP contribution in [0, 0.1) is 5.92 Å². The molecule has 1 unspecified atom stereocenters. The van der Waals surface area contributed by atoms with E-state index in [0.717, 1.165) is 38.2 Å². The van der Waals surface area contributed by atoms with Crippen molar-refractivity contribution >= 4 is 5.91 Å². The third kappa shape index (κ3) is 3.24. The van der Waals surface area contributed by atoms with E-state index in [2.05, 4.69) is 10.2 Å². The van der Waals surface area contributed by atoms with Crippen LogP contribution in [0.2, 0.25) is 0 Å². The highest BCUT2D eigenvalue weighted by molar-refractivity contribution is 5.94. The lowest BCUT2D eigenvalue weighted by molar-refractivity contribution is 0.0620. The molecule has 1 aromatic carbocycles. The van der Waals surface area contributed by atoms with Gasteiger partial charge >= 0.3 is 0 Å². The van der Waals surface area contributed by atoms with Crippen molar-refractivity contribution in [3.8, 4) is 11.4 Å². The number of carbonyl (C=O) groups excluding carboxylic acids is 1. The van der Waals surface area contributed by atoms with Crippen LogP contribution in [0.4, 0.5) is 0 Å². The summed E-state index contributed by atoms with van der Waals surface area (Å²) in [4.78, 5) is 27.4. The molecule has 0 aliphatic carbocycles. The van der Waals surface area contributed by atoms with E-state index in [0.29, 0.717) is 17.2 Å². The van der Waals surface area contributed by atoms with Crippen LogP contribution in [0.1, 0.15) is 23.2 Å². The van der Waals surface area contributed by atoms with Gasteiger partial charge in [0.05, 0.1) is 12.7 Å². The standard InChI is InChI=1S/C20H23N3O3/c1-26-17-5-3-16(4-6-17)23-12-15(2-7-19(23)24)20(25)21-18-13-22-10-8-14(18)9-11-22/h2-7,12,14,18H,8-11,13H2,1H3,(H,21,25). The molecule has 1 amide bonds. The average molecular weight is 353 g/mol. The number of nitrogens with zero attached hydrogens (tertiary/aromatic N) is 2. The highest BCUT2D eigenvalue weighted by atomic mass is 16.5. The summed E-state index contributed by atoms with van der Waals surface area (Å²) in [7, 11) is 1.60. The Hall–Kier alpha value is -2.60. The van der Waals surface area contributed by atoms with Crippen molar-refractivity contribution in [2.24, 2.45) is 5.92 Å². The van der Waals surface area contributed by atoms with Gasteiger partial charge in [-0.3, -0.25) is 14.2 Å². The van der Waals surface area contributed by atoms with Gasteiger partial charge in [-0.25, -0.2) is 0 Å². The molecule has 136 valence electrons. The number of amides is 1. The van der Waals surface area contributed by atoms with E-state index in [9.17, 15) is 9.59 Å². The van der Waals surface area contributed by atoms with Gasteiger partial charge in [-0.1, -0.05) is 0 Å². The van der Waals surface area contributed by atoms with Crippen LogP contribution in [0.25, 0.3) is 5.69 Å². The van der Waals surface area contributed by atoms with Gasteiger partial charge in [0, 0.05) is 30.5 Å². The number of aromatic nitrogens is 1. The highest BCUT2D eigenvalue weighted by Crippen LogP contribution is 2.27. The Bertz CT molecular complexity index is 851. The van der Waals surface area contributed by atoms with Crippen LogP contribution in [-0.4, -0.2) is 48.2 Å². The maximum Gasteiger partial charge on any atom is 0.255 e. The monoisotopic (exact) mass is 353 g/mol. The lowest BCUT2D eigenvalue weighted by Gasteiger charge is -2.44. The minimum Gasteiger partial charge on any atom is -0.497 e. The van der Waals surface area contributed by atoms with Crippen LogP contribution in [0.5, 0.6) is 5.75 Å². The second-order valence-electron chi connectivity index (χ2n) is 7.04. The predicted molar refractivity (Wildman–Crippen MR) is 99.0 cm³/mol. The molecular formula is C20H23N3O3. The first-order chi connectivity index (χ1) is 12.6. The molecule has 1 aromatic heterocycles. The number of carbonyl (C=O) groups is 1. The molecule has 2 aromatic rings. The molecule has 6 heteroatoms. The zero-order valence-corrected chi connectivity index (χ0v) is 14.9. The molecule has 4 heterocycles. The van der Waals surface area contributed by atoms with Crippen LogP contribution >= 0.6 is 0 Å². The van der Waals surface area contributed by atoms with Gasteiger partial charge < -0.3 is 15.0 Å². The molecule has 0 spiro atoms. The second kappa shape index (κ2) is 6.96. The summed E-state index contributed by atoms with van der Waals surface area (Å²) in [5.74, 6) is 1.17. The molecular weight excluding hydrogens is 330 g/mol. The first kappa shape index (κ1) is 16.8. The number of hydrogen-bond donors (Lipinski definition) is 1. The number of fused-ring (bicyclic) bond motifs is 3. The molecule has 3 saturated heterocycles. The zero-order chi connectivity index (χ0) is 18.1. The van der Waals surface area contributed by atoms with Gasteiger partial charge in [0.2, 0.25) is 0 Å². The number of benzene rings is 1. The average Bonchev–Trinajstić information content (AvgIpc) is 2.69. The molecule has 2 bridgehead atoms. The van der Waals surface area contributed by atoms with Gasteiger partial charge in [0.15, 0.2) is 0 Å². The quantitative estimate of drug-likeness (QED) is 0.908. The summed E-state index contributed by atoms with van der Waals surface area (Å²) in [6.45, 7) is 3.20. The van der Waals surface area contributed by atoms with Crippen molar-refractivity contribution in [2.75, 3.05) is 26.7 Å². The zero-order valence-electron chi connectivity index (χ0n) is 14.9. The molecule has 0 saturated carbocycles. The third-order valence-corrected chi connectivity index (χ3v) is 5.50. The van der Waals surface area contributed by atoms with Crippen molar-refractivity contribution in [2.45, 2.75) is 18.9 Å². The van der Waals surface area contributed by atoms with Gasteiger partial charge in [-0.05, 0) is 62.2 Å². The largest absolute Gasteiger partial charge is 0.497 e. The van der Waals surface area contributed by atoms with Crippen LogP contribution < -0.4 is 15.6 Å². The molecule has 6 nitrogen and oxygen atoms in total. The number of piperidine rings is 3. The van der Waals surface area contributed by atoms with E-state index in [4.69, 9.17) is 4.74 Å². The Labute approximate surface area is 152 Å². The van der Waals surface area contributed by atoms with Gasteiger partial charge in [-0.2, -0.15) is 0 Å². The maximum atomic E-state index is 12.7. The fourth-order valence-corrected chi connectivity index (χ4v) is 3.95. The first-order valence-corrected chi connectivity index (χ1v) is 9.04. The molecule has 0 radical (unpaired) electrons. The number of pyridine rings is 1. The fraction of sp³-hybridized carbons (Fsp3) is 0.400. The number of rotatable bonds is 4. The lowest BCUT2D eigenvalue weighted by atomic mass is 9.84. The summed E-state index contributed by atoms with van der Waals surface area (Å²) in [6, 6.07) is 10.4. The maximum absolute atomic E-state index is 12.7.